The molecular weight excluding hydrogens is 328 g/mol. The second-order valence-corrected chi connectivity index (χ2v) is 7.09. The summed E-state index contributed by atoms with van der Waals surface area (Å²) < 4.78 is 11.7. The van der Waals surface area contributed by atoms with E-state index in [0.717, 1.165) is 43.9 Å². The molecular formula is C18H25ClN2O3. The molecule has 1 saturated carbocycles. The van der Waals surface area contributed by atoms with E-state index >= 15 is 0 Å². The van der Waals surface area contributed by atoms with Gasteiger partial charge in [0.05, 0.1) is 6.54 Å². The number of halogens is 1. The summed E-state index contributed by atoms with van der Waals surface area (Å²) in [6, 6.07) is 7.69. The molecule has 0 aromatic heterocycles. The number of nitrogens with zero attached hydrogens (tertiary/aromatic N) is 1. The summed E-state index contributed by atoms with van der Waals surface area (Å²) in [5.74, 6) is 2.04. The highest BCUT2D eigenvalue weighted by Crippen LogP contribution is 2.59. The van der Waals surface area contributed by atoms with Gasteiger partial charge in [-0.15, -0.1) is 12.4 Å². The standard InChI is InChI=1S/C18H24N2O3.ClH/c1-20(17(21)14-10-18(14)6-8-19-9-7-18)11-13-12-22-15-4-2-3-5-16(15)23-13;/h2-5,13-14,19H,6-12H2,1H3;1H. The Morgan fingerprint density at radius 1 is 1.29 bits per heavy atom. The van der Waals surface area contributed by atoms with Crippen molar-refractivity contribution in [2.45, 2.75) is 25.4 Å². The van der Waals surface area contributed by atoms with E-state index in [1.165, 1.54) is 0 Å². The lowest BCUT2D eigenvalue weighted by Crippen LogP contribution is -2.43. The molecule has 1 amide bonds. The Morgan fingerprint density at radius 3 is 2.75 bits per heavy atom. The molecule has 132 valence electrons. The molecule has 1 aliphatic carbocycles. The van der Waals surface area contributed by atoms with Gasteiger partial charge in [0.15, 0.2) is 17.6 Å². The fraction of sp³-hybridized carbons (Fsp3) is 0.611. The van der Waals surface area contributed by atoms with Crippen molar-refractivity contribution in [3.8, 4) is 11.5 Å². The van der Waals surface area contributed by atoms with Crippen LogP contribution in [0.1, 0.15) is 19.3 Å². The molecule has 0 radical (unpaired) electrons. The van der Waals surface area contributed by atoms with E-state index in [2.05, 4.69) is 5.32 Å². The van der Waals surface area contributed by atoms with Gasteiger partial charge in [-0.05, 0) is 49.9 Å². The molecule has 1 aromatic rings. The number of fused-ring (bicyclic) bond motifs is 1. The molecule has 2 heterocycles. The number of amides is 1. The summed E-state index contributed by atoms with van der Waals surface area (Å²) in [6.45, 7) is 3.17. The molecule has 0 bridgehead atoms. The third kappa shape index (κ3) is 3.20. The van der Waals surface area contributed by atoms with Crippen LogP contribution in [-0.4, -0.2) is 50.2 Å². The number of nitrogens with one attached hydrogen (secondary N) is 1. The minimum absolute atomic E-state index is 0. The van der Waals surface area contributed by atoms with Gasteiger partial charge in [-0.25, -0.2) is 0 Å². The maximum absolute atomic E-state index is 12.7. The van der Waals surface area contributed by atoms with Crippen LogP contribution in [0.5, 0.6) is 11.5 Å². The number of carbonyl (C=O) groups excluding carboxylic acids is 1. The van der Waals surface area contributed by atoms with Crippen LogP contribution >= 0.6 is 12.4 Å². The number of ether oxygens (including phenoxy) is 2. The first-order valence-electron chi connectivity index (χ1n) is 8.52. The molecule has 4 rings (SSSR count). The normalized spacial score (nSPS) is 26.4. The first-order chi connectivity index (χ1) is 11.2. The summed E-state index contributed by atoms with van der Waals surface area (Å²) in [6.07, 6.45) is 3.23. The number of para-hydroxylation sites is 2. The molecule has 1 spiro atoms. The zero-order chi connectivity index (χ0) is 15.9. The van der Waals surface area contributed by atoms with E-state index in [1.54, 1.807) is 0 Å². The fourth-order valence-electron chi connectivity index (χ4n) is 3.99. The van der Waals surface area contributed by atoms with E-state index in [1.807, 2.05) is 36.2 Å². The van der Waals surface area contributed by atoms with Crippen molar-refractivity contribution >= 4 is 18.3 Å². The van der Waals surface area contributed by atoms with Crippen LogP contribution in [0.3, 0.4) is 0 Å². The molecule has 3 aliphatic rings. The van der Waals surface area contributed by atoms with Crippen molar-refractivity contribution in [1.29, 1.82) is 0 Å². The monoisotopic (exact) mass is 352 g/mol. The molecule has 2 atom stereocenters. The summed E-state index contributed by atoms with van der Waals surface area (Å²) in [5.41, 5.74) is 0.285. The van der Waals surface area contributed by atoms with Crippen LogP contribution in [0.4, 0.5) is 0 Å². The van der Waals surface area contributed by atoms with Crippen LogP contribution in [-0.2, 0) is 4.79 Å². The summed E-state index contributed by atoms with van der Waals surface area (Å²) >= 11 is 0. The lowest BCUT2D eigenvalue weighted by atomic mass is 9.91. The maximum atomic E-state index is 12.7. The SMILES string of the molecule is CN(CC1COc2ccccc2O1)C(=O)C1CC12CCNCC2.Cl. The Bertz CT molecular complexity index is 604. The summed E-state index contributed by atoms with van der Waals surface area (Å²) in [5, 5.41) is 3.38. The summed E-state index contributed by atoms with van der Waals surface area (Å²) in [4.78, 5) is 14.5. The average molecular weight is 353 g/mol. The Labute approximate surface area is 149 Å². The van der Waals surface area contributed by atoms with Crippen molar-refractivity contribution in [2.75, 3.05) is 33.3 Å². The highest BCUT2D eigenvalue weighted by Gasteiger charge is 2.58. The number of benzene rings is 1. The third-order valence-electron chi connectivity index (χ3n) is 5.51. The number of hydrogen-bond acceptors (Lipinski definition) is 4. The highest BCUT2D eigenvalue weighted by molar-refractivity contribution is 5.85. The quantitative estimate of drug-likeness (QED) is 0.905. The van der Waals surface area contributed by atoms with Crippen molar-refractivity contribution < 1.29 is 14.3 Å². The minimum Gasteiger partial charge on any atom is -0.486 e. The predicted molar refractivity (Wildman–Crippen MR) is 93.9 cm³/mol. The lowest BCUT2D eigenvalue weighted by Gasteiger charge is -2.30. The second-order valence-electron chi connectivity index (χ2n) is 7.09. The van der Waals surface area contributed by atoms with Crippen LogP contribution in [0.15, 0.2) is 24.3 Å². The Morgan fingerprint density at radius 2 is 2.00 bits per heavy atom. The van der Waals surface area contributed by atoms with Gasteiger partial charge < -0.3 is 19.7 Å². The largest absolute Gasteiger partial charge is 0.486 e. The van der Waals surface area contributed by atoms with Crippen molar-refractivity contribution in [3.05, 3.63) is 24.3 Å². The second kappa shape index (κ2) is 6.81. The molecule has 24 heavy (non-hydrogen) atoms. The first-order valence-corrected chi connectivity index (χ1v) is 8.52. The lowest BCUT2D eigenvalue weighted by molar-refractivity contribution is -0.133. The Hall–Kier alpha value is -1.46. The number of piperidine rings is 1. The van der Waals surface area contributed by atoms with Crippen LogP contribution in [0.2, 0.25) is 0 Å². The van der Waals surface area contributed by atoms with Gasteiger partial charge >= 0.3 is 0 Å². The van der Waals surface area contributed by atoms with Gasteiger partial charge in [0.1, 0.15) is 6.61 Å². The van der Waals surface area contributed by atoms with Crippen LogP contribution in [0, 0.1) is 11.3 Å². The van der Waals surface area contributed by atoms with E-state index in [0.29, 0.717) is 13.2 Å². The molecule has 6 heteroatoms. The molecule has 1 N–H and O–H groups in total. The van der Waals surface area contributed by atoms with Crippen molar-refractivity contribution in [1.82, 2.24) is 10.2 Å². The van der Waals surface area contributed by atoms with Gasteiger partial charge in [-0.1, -0.05) is 12.1 Å². The van der Waals surface area contributed by atoms with Crippen molar-refractivity contribution in [3.63, 3.8) is 0 Å². The number of carbonyl (C=O) groups is 1. The minimum atomic E-state index is -0.0958. The van der Waals surface area contributed by atoms with E-state index in [9.17, 15) is 4.79 Å². The predicted octanol–water partition coefficient (Wildman–Crippen LogP) is 2.10. The maximum Gasteiger partial charge on any atom is 0.226 e. The third-order valence-corrected chi connectivity index (χ3v) is 5.51. The van der Waals surface area contributed by atoms with Gasteiger partial charge in [-0.2, -0.15) is 0 Å². The average Bonchev–Trinajstić information content (AvgIpc) is 3.27. The summed E-state index contributed by atoms with van der Waals surface area (Å²) in [7, 11) is 1.89. The highest BCUT2D eigenvalue weighted by atomic mass is 35.5. The zero-order valence-electron chi connectivity index (χ0n) is 14.0. The molecule has 1 aromatic carbocycles. The van der Waals surface area contributed by atoms with Crippen molar-refractivity contribution in [2.24, 2.45) is 11.3 Å². The smallest absolute Gasteiger partial charge is 0.226 e. The van der Waals surface area contributed by atoms with Gasteiger partial charge in [0, 0.05) is 13.0 Å². The van der Waals surface area contributed by atoms with Gasteiger partial charge in [0.2, 0.25) is 5.91 Å². The molecule has 2 unspecified atom stereocenters. The van der Waals surface area contributed by atoms with Crippen LogP contribution < -0.4 is 14.8 Å². The Balaban J connectivity index is 0.00000169. The Kier molecular flexibility index (Phi) is 4.92. The topological polar surface area (TPSA) is 50.8 Å². The van der Waals surface area contributed by atoms with E-state index in [4.69, 9.17) is 9.47 Å². The molecule has 1 saturated heterocycles. The number of hydrogen-bond donors (Lipinski definition) is 1. The number of rotatable bonds is 3. The zero-order valence-corrected chi connectivity index (χ0v) is 14.8. The molecule has 5 nitrogen and oxygen atoms in total. The van der Waals surface area contributed by atoms with Crippen LogP contribution in [0.25, 0.3) is 0 Å². The van der Waals surface area contributed by atoms with Gasteiger partial charge in [-0.3, -0.25) is 4.79 Å². The molecule has 2 fully saturated rings. The fourth-order valence-corrected chi connectivity index (χ4v) is 3.99. The number of likely N-dealkylation sites (N-methyl/N-ethyl adjacent to an activating group) is 1. The van der Waals surface area contributed by atoms with Gasteiger partial charge in [0.25, 0.3) is 0 Å². The molecule has 2 aliphatic heterocycles. The van der Waals surface area contributed by atoms with E-state index in [-0.39, 0.29) is 35.8 Å². The first kappa shape index (κ1) is 17.4. The van der Waals surface area contributed by atoms with E-state index < -0.39 is 0 Å².